The first kappa shape index (κ1) is 89.8. The van der Waals surface area contributed by atoms with Crippen LogP contribution in [-0.2, 0) is 145 Å². The van der Waals surface area contributed by atoms with E-state index in [0.717, 1.165) is 83.8 Å². The molecule has 2 aromatic carbocycles. The van der Waals surface area contributed by atoms with Gasteiger partial charge in [0.25, 0.3) is 0 Å². The molecule has 0 atom stereocenters. The molecule has 0 fully saturated rings. The van der Waals surface area contributed by atoms with E-state index in [1.54, 1.807) is 35.5 Å². The van der Waals surface area contributed by atoms with Crippen LogP contribution in [0.5, 0.6) is 5.75 Å². The van der Waals surface area contributed by atoms with Crippen molar-refractivity contribution in [2.75, 3.05) is 221 Å². The third kappa shape index (κ3) is 33.5. The number of fused-ring (bicyclic) bond motifs is 8. The summed E-state index contributed by atoms with van der Waals surface area (Å²) in [6.45, 7) is 20.7. The minimum atomic E-state index is -0.479. The number of nitrogens with zero attached hydrogens (tertiary/aromatic N) is 2. The molecule has 8 bridgehead atoms. The molecule has 0 saturated heterocycles. The number of nitrogens with one attached hydrogen (secondary N) is 6. The Kier molecular flexibility index (Phi) is 41.9. The summed E-state index contributed by atoms with van der Waals surface area (Å²) in [5.74, 6) is -0.198. The minimum Gasteiger partial charge on any atom is -0.493 e. The summed E-state index contributed by atoms with van der Waals surface area (Å²) in [5.41, 5.74) is 12.0. The molecule has 0 unspecified atom stereocenters. The Morgan fingerprint density at radius 1 is 0.345 bits per heavy atom. The summed E-state index contributed by atoms with van der Waals surface area (Å²) in [5, 5.41) is 12.4. The highest BCUT2D eigenvalue weighted by Crippen LogP contribution is 2.41. The monoisotopic (exact) mass is 1540 g/mol. The Bertz CT molecular complexity index is 3600. The zero-order valence-corrected chi connectivity index (χ0v) is 66.2. The Labute approximate surface area is 647 Å². The summed E-state index contributed by atoms with van der Waals surface area (Å²) < 4.78 is 93.7. The van der Waals surface area contributed by atoms with Crippen molar-refractivity contribution >= 4 is 45.7 Å². The second-order valence-corrected chi connectivity index (χ2v) is 27.6. The fourth-order valence-corrected chi connectivity index (χ4v) is 11.9. The Morgan fingerprint density at radius 2 is 0.645 bits per heavy atom. The van der Waals surface area contributed by atoms with Gasteiger partial charge in [0.2, 0.25) is 23.6 Å². The molecular weight excluding hydrogens is 1420 g/mol. The normalized spacial score (nSPS) is 13.1. The van der Waals surface area contributed by atoms with Crippen LogP contribution >= 0.6 is 0 Å². The highest BCUT2D eigenvalue weighted by molar-refractivity contribution is 5.91. The van der Waals surface area contributed by atoms with Crippen LogP contribution < -0.4 is 26.0 Å². The van der Waals surface area contributed by atoms with Crippen LogP contribution in [0.2, 0.25) is 0 Å². The van der Waals surface area contributed by atoms with E-state index < -0.39 is 10.8 Å². The SMILES string of the molecule is COCCOCCOCCOCCC(=O)NCc1cc(CNC(=O)CCOCCOCCOCCOC)cc(-c2cc3cc4nc(c(OC)c5[nH]c(cc6nc(cc2[nH]3)CC6(C)C)cc5-c2cc(CNC(=O)CCOCCOCCOCCOC)cc(CNC(=O)CCOCCOCCOCCOC)c2)CC4(C)C)c1. The summed E-state index contributed by atoms with van der Waals surface area (Å²) >= 11 is 0. The maximum Gasteiger partial charge on any atom is 0.222 e. The van der Waals surface area contributed by atoms with Gasteiger partial charge in [-0.15, -0.1) is 0 Å². The molecule has 2 aliphatic heterocycles. The smallest absolute Gasteiger partial charge is 0.222 e. The molecule has 610 valence electrons. The van der Waals surface area contributed by atoms with E-state index in [1.165, 1.54) is 0 Å². The van der Waals surface area contributed by atoms with Gasteiger partial charge in [0.15, 0.2) is 5.75 Å². The van der Waals surface area contributed by atoms with Crippen molar-refractivity contribution < 1.29 is 99.7 Å². The van der Waals surface area contributed by atoms with Gasteiger partial charge in [-0.25, -0.2) is 0 Å². The van der Waals surface area contributed by atoms with Crippen molar-refractivity contribution in [3.8, 4) is 28.0 Å². The number of hydrogen-bond donors (Lipinski definition) is 6. The van der Waals surface area contributed by atoms with Crippen molar-refractivity contribution in [3.05, 3.63) is 112 Å². The number of H-pyrrole nitrogens is 2. The van der Waals surface area contributed by atoms with E-state index in [4.69, 9.17) is 90.5 Å². The number of amides is 4. The molecule has 6 N–H and O–H groups in total. The van der Waals surface area contributed by atoms with Gasteiger partial charge in [0, 0.05) is 149 Å². The van der Waals surface area contributed by atoms with Crippen LogP contribution in [0, 0.1) is 0 Å². The van der Waals surface area contributed by atoms with Crippen LogP contribution in [0.3, 0.4) is 0 Å². The zero-order chi connectivity index (χ0) is 78.5. The van der Waals surface area contributed by atoms with Crippen LogP contribution in [0.15, 0.2) is 66.7 Å². The molecule has 2 aliphatic rings. The summed E-state index contributed by atoms with van der Waals surface area (Å²) in [4.78, 5) is 72.0. The molecule has 7 rings (SSSR count). The molecule has 3 aromatic heterocycles. The first-order valence-corrected chi connectivity index (χ1v) is 38.0. The fourth-order valence-electron chi connectivity index (χ4n) is 11.9. The third-order valence-electron chi connectivity index (χ3n) is 17.7. The molecule has 5 heterocycles. The number of carbonyl (C=O) groups excluding carboxylic acids is 4. The van der Waals surface area contributed by atoms with Gasteiger partial charge in [-0.05, 0) is 88.0 Å². The van der Waals surface area contributed by atoms with Gasteiger partial charge in [-0.3, -0.25) is 29.1 Å². The fraction of sp³-hybridized carbons (Fsp3) is 0.605. The van der Waals surface area contributed by atoms with Crippen molar-refractivity contribution in [1.29, 1.82) is 0 Å². The molecule has 0 aliphatic carbocycles. The van der Waals surface area contributed by atoms with Gasteiger partial charge < -0.3 is 112 Å². The topological polar surface area (TPSA) is 331 Å². The number of ether oxygens (including phenoxy) is 17. The molecular formula is C81H120N8O21. The number of benzene rings is 2. The third-order valence-corrected chi connectivity index (χ3v) is 17.7. The predicted octanol–water partition coefficient (Wildman–Crippen LogP) is 7.51. The molecule has 110 heavy (non-hydrogen) atoms. The lowest BCUT2D eigenvalue weighted by atomic mass is 9.86. The number of aromatic amines is 2. The molecule has 29 heteroatoms. The van der Waals surface area contributed by atoms with Crippen molar-refractivity contribution in [2.45, 2.75) is 103 Å². The predicted molar refractivity (Wildman–Crippen MR) is 415 cm³/mol. The number of hydrogen-bond acceptors (Lipinski definition) is 23. The minimum absolute atomic E-state index is 0.138. The van der Waals surface area contributed by atoms with E-state index in [2.05, 4.69) is 101 Å². The van der Waals surface area contributed by atoms with Crippen LogP contribution in [0.25, 0.3) is 44.3 Å². The molecule has 0 spiro atoms. The highest BCUT2D eigenvalue weighted by atomic mass is 16.6. The largest absolute Gasteiger partial charge is 0.493 e. The van der Waals surface area contributed by atoms with Crippen LogP contribution in [0.1, 0.15) is 98.4 Å². The Balaban J connectivity index is 1.18. The summed E-state index contributed by atoms with van der Waals surface area (Å²) in [7, 11) is 8.15. The number of methoxy groups -OCH3 is 5. The van der Waals surface area contributed by atoms with E-state index >= 15 is 0 Å². The van der Waals surface area contributed by atoms with Crippen molar-refractivity contribution in [3.63, 3.8) is 0 Å². The van der Waals surface area contributed by atoms with Gasteiger partial charge >= 0.3 is 0 Å². The number of carbonyl (C=O) groups is 4. The first-order chi connectivity index (χ1) is 53.5. The molecule has 5 aromatic rings. The average Bonchev–Trinajstić information content (AvgIpc) is 1.60. The molecule has 0 saturated carbocycles. The lowest BCUT2D eigenvalue weighted by molar-refractivity contribution is -0.123. The van der Waals surface area contributed by atoms with E-state index in [9.17, 15) is 19.2 Å². The van der Waals surface area contributed by atoms with E-state index in [-0.39, 0.29) is 102 Å². The van der Waals surface area contributed by atoms with Crippen molar-refractivity contribution in [2.24, 2.45) is 0 Å². The van der Waals surface area contributed by atoms with Gasteiger partial charge in [0.1, 0.15) is 0 Å². The highest BCUT2D eigenvalue weighted by Gasteiger charge is 2.33. The number of rotatable bonds is 59. The van der Waals surface area contributed by atoms with Gasteiger partial charge in [-0.2, -0.15) is 0 Å². The van der Waals surface area contributed by atoms with Gasteiger partial charge in [0.05, 0.1) is 203 Å². The van der Waals surface area contributed by atoms with Gasteiger partial charge in [-0.1, -0.05) is 39.8 Å². The standard InChI is InChI=1S/C81H120N8O21/c1-80(2)53-67-50-70-68(63-44-59(55-82-74(90)10-14-99-26-30-107-38-34-103-22-18-94-5)42-60(45-63)56-83-75(91)11-15-100-27-31-108-39-35-104-23-19-95-6)48-65(86-70)51-73-81(3,4)54-71(89-73)79(98-9)78-69(49-66(88-78)52-72(80)87-67)64-46-61(57-84-76(92)12-16-101-28-32-109-40-36-105-24-20-96-7)43-62(47-64)58-85-77(93)13-17-102-29-33-110-41-37-106-25-21-97-8/h42-52,86,88H,10-41,53-58H2,1-9H3,(H,82,90)(H,83,91)(H,84,92)(H,85,93). The lowest BCUT2D eigenvalue weighted by Crippen LogP contribution is -2.25. The quantitative estimate of drug-likeness (QED) is 0.0205. The summed E-state index contributed by atoms with van der Waals surface area (Å²) in [6.07, 6.45) is 1.70. The maximum absolute atomic E-state index is 13.4. The molecule has 29 nitrogen and oxygen atoms in total. The van der Waals surface area contributed by atoms with Crippen molar-refractivity contribution in [1.82, 2.24) is 41.2 Å². The van der Waals surface area contributed by atoms with Crippen LogP contribution in [-0.4, -0.2) is 264 Å². The Morgan fingerprint density at radius 3 is 0.991 bits per heavy atom. The second-order valence-electron chi connectivity index (χ2n) is 27.6. The lowest BCUT2D eigenvalue weighted by Gasteiger charge is -2.16. The summed E-state index contributed by atoms with van der Waals surface area (Å²) in [6, 6.07) is 22.7. The van der Waals surface area contributed by atoms with E-state index in [1.807, 2.05) is 24.3 Å². The maximum atomic E-state index is 13.4. The first-order valence-electron chi connectivity index (χ1n) is 38.0. The number of aromatic nitrogens is 4. The average molecular weight is 1540 g/mol. The second kappa shape index (κ2) is 51.3. The van der Waals surface area contributed by atoms with E-state index in [0.29, 0.717) is 183 Å². The zero-order valence-electron chi connectivity index (χ0n) is 66.2. The van der Waals surface area contributed by atoms with Crippen LogP contribution in [0.4, 0.5) is 0 Å². The Hall–Kier alpha value is -7.40. The molecule has 4 amide bonds. The molecule has 0 radical (unpaired) electrons.